The normalized spacial score (nSPS) is 11.8. The van der Waals surface area contributed by atoms with Gasteiger partial charge in [0, 0.05) is 0 Å². The lowest BCUT2D eigenvalue weighted by Gasteiger charge is -1.94. The third kappa shape index (κ3) is 1.83. The van der Waals surface area contributed by atoms with Crippen LogP contribution in [0.1, 0.15) is 0 Å². The summed E-state index contributed by atoms with van der Waals surface area (Å²) >= 11 is 0. The van der Waals surface area contributed by atoms with Crippen molar-refractivity contribution in [2.45, 2.75) is 0 Å². The Labute approximate surface area is 79.9 Å². The fraction of sp³-hybridized carbons (Fsp3) is 0. The summed E-state index contributed by atoms with van der Waals surface area (Å²) in [6.07, 6.45) is 0. The molecule has 0 saturated heterocycles. The van der Waals surface area contributed by atoms with Crippen molar-refractivity contribution >= 4 is 27.3 Å². The van der Waals surface area contributed by atoms with Crippen LogP contribution in [0.15, 0.2) is 28.7 Å². The average molecular weight is 213 g/mol. The molecule has 0 spiro atoms. The number of oxazole rings is 1. The van der Waals surface area contributed by atoms with E-state index in [1.807, 2.05) is 4.72 Å². The van der Waals surface area contributed by atoms with Gasteiger partial charge in [-0.15, -0.1) is 0 Å². The summed E-state index contributed by atoms with van der Waals surface area (Å²) in [6, 6.07) is 6.78. The van der Waals surface area contributed by atoms with Gasteiger partial charge in [-0.25, -0.2) is 9.86 Å². The van der Waals surface area contributed by atoms with Crippen LogP contribution in [-0.2, 0) is 10.2 Å². The van der Waals surface area contributed by atoms with Crippen molar-refractivity contribution in [2.24, 2.45) is 5.14 Å². The molecule has 2 aromatic rings. The summed E-state index contributed by atoms with van der Waals surface area (Å²) in [4.78, 5) is 3.86. The molecule has 0 aliphatic heterocycles. The Morgan fingerprint density at radius 2 is 2.07 bits per heavy atom. The molecule has 74 valence electrons. The number of aromatic nitrogens is 1. The number of para-hydroxylation sites is 2. The van der Waals surface area contributed by atoms with Gasteiger partial charge >= 0.3 is 6.01 Å². The van der Waals surface area contributed by atoms with E-state index in [1.165, 1.54) is 0 Å². The van der Waals surface area contributed by atoms with Crippen LogP contribution < -0.4 is 9.86 Å². The largest absolute Gasteiger partial charge is 0.423 e. The zero-order chi connectivity index (χ0) is 10.2. The maximum Gasteiger partial charge on any atom is 0.310 e. The molecule has 0 atom stereocenters. The monoisotopic (exact) mass is 213 g/mol. The van der Waals surface area contributed by atoms with Crippen LogP contribution in [0.4, 0.5) is 6.01 Å². The molecule has 14 heavy (non-hydrogen) atoms. The van der Waals surface area contributed by atoms with Gasteiger partial charge in [0.05, 0.1) is 0 Å². The van der Waals surface area contributed by atoms with Gasteiger partial charge in [0.1, 0.15) is 5.52 Å². The molecular formula is C7H7N3O3S. The van der Waals surface area contributed by atoms with Crippen molar-refractivity contribution in [1.29, 1.82) is 0 Å². The first-order valence-corrected chi connectivity index (χ1v) is 5.25. The highest BCUT2D eigenvalue weighted by atomic mass is 32.2. The first kappa shape index (κ1) is 8.97. The van der Waals surface area contributed by atoms with Crippen LogP contribution in [-0.4, -0.2) is 13.4 Å². The standard InChI is InChI=1S/C7H7N3O3S/c8-14(11,12)10-7-9-5-3-1-2-4-6(5)13-7/h1-4H,(H,9,10)(H2,8,11,12). The van der Waals surface area contributed by atoms with E-state index in [0.29, 0.717) is 11.1 Å². The van der Waals surface area contributed by atoms with Gasteiger partial charge < -0.3 is 4.42 Å². The van der Waals surface area contributed by atoms with Gasteiger partial charge in [0.15, 0.2) is 5.58 Å². The lowest BCUT2D eigenvalue weighted by molar-refractivity contribution is 0.592. The Bertz CT molecular complexity index is 527. The smallest absolute Gasteiger partial charge is 0.310 e. The van der Waals surface area contributed by atoms with Gasteiger partial charge in [-0.3, -0.25) is 0 Å². The van der Waals surface area contributed by atoms with Gasteiger partial charge in [-0.05, 0) is 12.1 Å². The number of nitrogens with zero attached hydrogens (tertiary/aromatic N) is 1. The van der Waals surface area contributed by atoms with Crippen LogP contribution in [0.5, 0.6) is 0 Å². The maximum absolute atomic E-state index is 10.6. The minimum Gasteiger partial charge on any atom is -0.423 e. The Hall–Kier alpha value is -1.60. The van der Waals surface area contributed by atoms with E-state index in [0.717, 1.165) is 0 Å². The van der Waals surface area contributed by atoms with Crippen molar-refractivity contribution in [1.82, 2.24) is 4.98 Å². The van der Waals surface area contributed by atoms with Gasteiger partial charge in [-0.2, -0.15) is 13.4 Å². The molecule has 0 aliphatic rings. The number of hydrogen-bond acceptors (Lipinski definition) is 4. The average Bonchev–Trinajstić information content (AvgIpc) is 2.42. The van der Waals surface area contributed by atoms with E-state index >= 15 is 0 Å². The Kier molecular flexibility index (Phi) is 1.90. The molecule has 0 radical (unpaired) electrons. The minimum absolute atomic E-state index is 0.131. The van der Waals surface area contributed by atoms with E-state index in [4.69, 9.17) is 9.56 Å². The Morgan fingerprint density at radius 3 is 2.71 bits per heavy atom. The number of fused-ring (bicyclic) bond motifs is 1. The van der Waals surface area contributed by atoms with Crippen LogP contribution in [0.25, 0.3) is 11.1 Å². The molecule has 7 heteroatoms. The van der Waals surface area contributed by atoms with Crippen LogP contribution >= 0.6 is 0 Å². The topological polar surface area (TPSA) is 98.2 Å². The summed E-state index contributed by atoms with van der Waals surface area (Å²) in [5.74, 6) is 0. The summed E-state index contributed by atoms with van der Waals surface area (Å²) in [5.41, 5.74) is 1.07. The molecule has 0 saturated carbocycles. The summed E-state index contributed by atoms with van der Waals surface area (Å²) < 4.78 is 28.3. The van der Waals surface area contributed by atoms with Crippen LogP contribution in [0, 0.1) is 0 Å². The van der Waals surface area contributed by atoms with Gasteiger partial charge in [-0.1, -0.05) is 12.1 Å². The molecule has 1 aromatic heterocycles. The number of nitrogens with two attached hydrogens (primary N) is 1. The second-order valence-corrected chi connectivity index (χ2v) is 3.93. The Morgan fingerprint density at radius 1 is 1.36 bits per heavy atom. The molecule has 0 bridgehead atoms. The van der Waals surface area contributed by atoms with Gasteiger partial charge in [0.2, 0.25) is 0 Å². The lowest BCUT2D eigenvalue weighted by atomic mass is 10.3. The van der Waals surface area contributed by atoms with Crippen molar-refractivity contribution in [3.63, 3.8) is 0 Å². The van der Waals surface area contributed by atoms with E-state index in [1.54, 1.807) is 24.3 Å². The molecule has 2 rings (SSSR count). The third-order valence-corrected chi connectivity index (χ3v) is 1.98. The highest BCUT2D eigenvalue weighted by Gasteiger charge is 2.09. The highest BCUT2D eigenvalue weighted by Crippen LogP contribution is 2.17. The molecule has 0 amide bonds. The molecular weight excluding hydrogens is 206 g/mol. The Balaban J connectivity index is 2.46. The van der Waals surface area contributed by atoms with Crippen LogP contribution in [0.2, 0.25) is 0 Å². The zero-order valence-corrected chi connectivity index (χ0v) is 7.78. The molecule has 3 N–H and O–H groups in total. The molecule has 0 unspecified atom stereocenters. The number of rotatable bonds is 2. The quantitative estimate of drug-likeness (QED) is 0.756. The minimum atomic E-state index is -3.83. The predicted octanol–water partition coefficient (Wildman–Crippen LogP) is 0.443. The third-order valence-electron chi connectivity index (χ3n) is 1.52. The predicted molar refractivity (Wildman–Crippen MR) is 50.7 cm³/mol. The summed E-state index contributed by atoms with van der Waals surface area (Å²) in [5, 5.41) is 4.75. The number of benzene rings is 1. The molecule has 0 aliphatic carbocycles. The van der Waals surface area contributed by atoms with E-state index in [-0.39, 0.29) is 6.01 Å². The number of anilines is 1. The highest BCUT2D eigenvalue weighted by molar-refractivity contribution is 7.90. The fourth-order valence-electron chi connectivity index (χ4n) is 1.04. The van der Waals surface area contributed by atoms with Gasteiger partial charge in [0.25, 0.3) is 10.2 Å². The first-order chi connectivity index (χ1) is 6.54. The maximum atomic E-state index is 10.6. The summed E-state index contributed by atoms with van der Waals surface area (Å²) in [6.45, 7) is 0. The van der Waals surface area contributed by atoms with Crippen molar-refractivity contribution < 1.29 is 12.8 Å². The summed E-state index contributed by atoms with van der Waals surface area (Å²) in [7, 11) is -3.83. The SMILES string of the molecule is NS(=O)(=O)Nc1nc2ccccc2o1. The molecule has 6 nitrogen and oxygen atoms in total. The van der Waals surface area contributed by atoms with Crippen molar-refractivity contribution in [3.05, 3.63) is 24.3 Å². The fourth-order valence-corrected chi connectivity index (χ4v) is 1.37. The zero-order valence-electron chi connectivity index (χ0n) is 6.97. The second kappa shape index (κ2) is 2.96. The number of hydrogen-bond donors (Lipinski definition) is 2. The van der Waals surface area contributed by atoms with Crippen molar-refractivity contribution in [3.8, 4) is 0 Å². The first-order valence-electron chi connectivity index (χ1n) is 3.71. The number of nitrogens with one attached hydrogen (secondary N) is 1. The van der Waals surface area contributed by atoms with E-state index in [9.17, 15) is 8.42 Å². The van der Waals surface area contributed by atoms with E-state index in [2.05, 4.69) is 4.98 Å². The van der Waals surface area contributed by atoms with Crippen LogP contribution in [0.3, 0.4) is 0 Å². The molecule has 1 heterocycles. The van der Waals surface area contributed by atoms with Crippen molar-refractivity contribution in [2.75, 3.05) is 4.72 Å². The molecule has 0 fully saturated rings. The molecule has 1 aromatic carbocycles. The second-order valence-electron chi connectivity index (χ2n) is 2.63. The lowest BCUT2D eigenvalue weighted by Crippen LogP contribution is -2.21. The van der Waals surface area contributed by atoms with E-state index < -0.39 is 10.2 Å².